The highest BCUT2D eigenvalue weighted by Crippen LogP contribution is 2.37. The summed E-state index contributed by atoms with van der Waals surface area (Å²) in [5, 5.41) is 2.40. The molecule has 0 unspecified atom stereocenters. The first-order valence-corrected chi connectivity index (χ1v) is 19.8. The van der Waals surface area contributed by atoms with Gasteiger partial charge in [0.25, 0.3) is 0 Å². The van der Waals surface area contributed by atoms with Crippen molar-refractivity contribution in [2.75, 3.05) is 0 Å². The fourth-order valence-electron chi connectivity index (χ4n) is 7.26. The average molecular weight is 751 g/mol. The number of nitrogens with zero attached hydrogens (tertiary/aromatic N) is 4. The molecule has 0 amide bonds. The van der Waals surface area contributed by atoms with Crippen LogP contribution in [0.15, 0.2) is 164 Å². The van der Waals surface area contributed by atoms with Crippen molar-refractivity contribution in [3.63, 3.8) is 0 Å². The van der Waals surface area contributed by atoms with Crippen molar-refractivity contribution in [1.29, 1.82) is 0 Å². The van der Waals surface area contributed by atoms with Gasteiger partial charge in [-0.15, -0.1) is 6.42 Å². The molecule has 0 fully saturated rings. The molecule has 2 aromatic heterocycles. The standard InChI is InChI=1S/C52H40N4.C2H6/c1-6-12-37(8-3)50-54-51(56-52(55-50)44-14-11-13-43(33-44)45-30-17-34(4)53-35(45)5)42-28-26-41(27-29-42)47-32-31-46(48-15-9-10-16-49(47)48)40-24-22-39(23-25-40)38-20-18-36(7-2)19-21-38;1-2/h2,6,8-33H,1,3-5H3;1-2H3/b12-6-,37-8+;. The maximum Gasteiger partial charge on any atom is 0.164 e. The first-order valence-electron chi connectivity index (χ1n) is 19.8. The second-order valence-corrected chi connectivity index (χ2v) is 13.8. The van der Waals surface area contributed by atoms with Gasteiger partial charge in [-0.25, -0.2) is 15.0 Å². The predicted molar refractivity (Wildman–Crippen MR) is 245 cm³/mol. The first-order chi connectivity index (χ1) is 28.4. The smallest absolute Gasteiger partial charge is 0.164 e. The number of benzene rings is 6. The van der Waals surface area contributed by atoms with Crippen LogP contribution in [0.2, 0.25) is 0 Å². The summed E-state index contributed by atoms with van der Waals surface area (Å²) in [6.07, 6.45) is 11.6. The summed E-state index contributed by atoms with van der Waals surface area (Å²) in [4.78, 5) is 19.7. The molecule has 6 aromatic carbocycles. The highest BCUT2D eigenvalue weighted by molar-refractivity contribution is 6.05. The largest absolute Gasteiger partial charge is 0.258 e. The third kappa shape index (κ3) is 8.17. The number of aryl methyl sites for hydroxylation is 2. The predicted octanol–water partition coefficient (Wildman–Crippen LogP) is 14.0. The zero-order valence-electron chi connectivity index (χ0n) is 34.0. The summed E-state index contributed by atoms with van der Waals surface area (Å²) < 4.78 is 0. The Morgan fingerprint density at radius 2 is 1.02 bits per heavy atom. The molecule has 0 atom stereocenters. The zero-order chi connectivity index (χ0) is 40.6. The molecule has 0 bridgehead atoms. The third-order valence-corrected chi connectivity index (χ3v) is 10.2. The van der Waals surface area contributed by atoms with Crippen molar-refractivity contribution < 1.29 is 0 Å². The van der Waals surface area contributed by atoms with Gasteiger partial charge in [-0.2, -0.15) is 0 Å². The van der Waals surface area contributed by atoms with Crippen LogP contribution in [0.25, 0.3) is 83.6 Å². The molecule has 8 rings (SSSR count). The van der Waals surface area contributed by atoms with Gasteiger partial charge in [0.05, 0.1) is 0 Å². The Kier molecular flexibility index (Phi) is 11.9. The Morgan fingerprint density at radius 1 is 0.500 bits per heavy atom. The molecular weight excluding hydrogens is 705 g/mol. The minimum Gasteiger partial charge on any atom is -0.258 e. The summed E-state index contributed by atoms with van der Waals surface area (Å²) in [5.41, 5.74) is 14.7. The molecule has 0 saturated carbocycles. The number of hydrogen-bond acceptors (Lipinski definition) is 4. The summed E-state index contributed by atoms with van der Waals surface area (Å²) in [6, 6.07) is 51.0. The van der Waals surface area contributed by atoms with E-state index in [1.165, 1.54) is 27.5 Å². The van der Waals surface area contributed by atoms with E-state index >= 15 is 0 Å². The van der Waals surface area contributed by atoms with Crippen LogP contribution in [0.1, 0.15) is 50.5 Å². The summed E-state index contributed by atoms with van der Waals surface area (Å²) in [6.45, 7) is 12.1. The minimum absolute atomic E-state index is 0.619. The van der Waals surface area contributed by atoms with Crippen molar-refractivity contribution in [2.24, 2.45) is 0 Å². The molecule has 0 aliphatic rings. The molecule has 0 radical (unpaired) electrons. The molecular formula is C54H46N4. The minimum atomic E-state index is 0.619. The van der Waals surface area contributed by atoms with Crippen molar-refractivity contribution in [1.82, 2.24) is 19.9 Å². The lowest BCUT2D eigenvalue weighted by Gasteiger charge is -2.13. The van der Waals surface area contributed by atoms with E-state index in [9.17, 15) is 0 Å². The van der Waals surface area contributed by atoms with Crippen LogP contribution in [0, 0.1) is 26.2 Å². The molecule has 0 N–H and O–H groups in total. The topological polar surface area (TPSA) is 51.6 Å². The quantitative estimate of drug-likeness (QED) is 0.115. The number of pyridine rings is 1. The van der Waals surface area contributed by atoms with Crippen LogP contribution in [0.5, 0.6) is 0 Å². The Morgan fingerprint density at radius 3 is 1.57 bits per heavy atom. The van der Waals surface area contributed by atoms with E-state index < -0.39 is 0 Å². The highest BCUT2D eigenvalue weighted by Gasteiger charge is 2.15. The number of allylic oxidation sites excluding steroid dienone is 4. The normalized spacial score (nSPS) is 11.3. The van der Waals surface area contributed by atoms with Crippen LogP contribution < -0.4 is 0 Å². The number of rotatable bonds is 8. The molecule has 0 spiro atoms. The summed E-state index contributed by atoms with van der Waals surface area (Å²) >= 11 is 0. The Balaban J connectivity index is 0.00000252. The third-order valence-electron chi connectivity index (χ3n) is 10.2. The second-order valence-electron chi connectivity index (χ2n) is 13.8. The van der Waals surface area contributed by atoms with Crippen molar-refractivity contribution in [3.8, 4) is 79.6 Å². The van der Waals surface area contributed by atoms with Crippen LogP contribution in [-0.2, 0) is 0 Å². The number of fused-ring (bicyclic) bond motifs is 1. The van der Waals surface area contributed by atoms with Gasteiger partial charge >= 0.3 is 0 Å². The highest BCUT2D eigenvalue weighted by atomic mass is 15.0. The molecule has 0 aliphatic carbocycles. The monoisotopic (exact) mass is 750 g/mol. The second kappa shape index (κ2) is 17.7. The fraction of sp³-hybridized carbons (Fsp3) is 0.111. The van der Waals surface area contributed by atoms with Crippen LogP contribution in [0.3, 0.4) is 0 Å². The van der Waals surface area contributed by atoms with Gasteiger partial charge in [-0.05, 0) is 102 Å². The molecule has 8 aromatic rings. The van der Waals surface area contributed by atoms with E-state index in [4.69, 9.17) is 26.4 Å². The van der Waals surface area contributed by atoms with Gasteiger partial charge in [0.15, 0.2) is 17.5 Å². The molecule has 0 aliphatic heterocycles. The van der Waals surface area contributed by atoms with Gasteiger partial charge in [0.1, 0.15) is 0 Å². The SMILES string of the molecule is C#Cc1ccc(-c2ccc(-c3ccc(-c4ccc(-c5nc(C(/C=C\C)=C/C)nc(-c6cccc(-c7ccc(C)nc7C)c6)n5)cc4)c4ccccc34)cc2)cc1.CC. The van der Waals surface area contributed by atoms with Gasteiger partial charge in [0, 0.05) is 39.2 Å². The Bertz CT molecular complexity index is 2820. The van der Waals surface area contributed by atoms with E-state index in [1.807, 2.05) is 78.0 Å². The first kappa shape index (κ1) is 39.0. The Hall–Kier alpha value is -7.22. The van der Waals surface area contributed by atoms with Crippen molar-refractivity contribution in [2.45, 2.75) is 41.5 Å². The van der Waals surface area contributed by atoms with Crippen LogP contribution in [0.4, 0.5) is 0 Å². The lowest BCUT2D eigenvalue weighted by Crippen LogP contribution is -2.02. The number of terminal acetylenes is 1. The maximum atomic E-state index is 5.56. The summed E-state index contributed by atoms with van der Waals surface area (Å²) in [7, 11) is 0. The van der Waals surface area contributed by atoms with Gasteiger partial charge in [-0.1, -0.05) is 159 Å². The van der Waals surface area contributed by atoms with Crippen molar-refractivity contribution in [3.05, 3.63) is 187 Å². The molecule has 58 heavy (non-hydrogen) atoms. The van der Waals surface area contributed by atoms with E-state index in [-0.39, 0.29) is 0 Å². The number of hydrogen-bond donors (Lipinski definition) is 0. The van der Waals surface area contributed by atoms with E-state index in [2.05, 4.69) is 133 Å². The van der Waals surface area contributed by atoms with Gasteiger partial charge < -0.3 is 0 Å². The molecule has 4 nitrogen and oxygen atoms in total. The molecule has 282 valence electrons. The van der Waals surface area contributed by atoms with Gasteiger partial charge in [0.2, 0.25) is 0 Å². The Labute approximate surface area is 342 Å². The van der Waals surface area contributed by atoms with E-state index in [1.54, 1.807) is 0 Å². The maximum absolute atomic E-state index is 5.56. The van der Waals surface area contributed by atoms with Crippen LogP contribution in [-0.4, -0.2) is 19.9 Å². The van der Waals surface area contributed by atoms with Crippen LogP contribution >= 0.6 is 0 Å². The summed E-state index contributed by atoms with van der Waals surface area (Å²) in [5.74, 6) is 4.56. The van der Waals surface area contributed by atoms with E-state index in [0.29, 0.717) is 17.5 Å². The van der Waals surface area contributed by atoms with Crippen molar-refractivity contribution >= 4 is 16.3 Å². The fourth-order valence-corrected chi connectivity index (χ4v) is 7.26. The lowest BCUT2D eigenvalue weighted by molar-refractivity contribution is 1.04. The average Bonchev–Trinajstić information content (AvgIpc) is 3.28. The zero-order valence-corrected chi connectivity index (χ0v) is 34.0. The van der Waals surface area contributed by atoms with Gasteiger partial charge in [-0.3, -0.25) is 4.98 Å². The molecule has 2 heterocycles. The lowest BCUT2D eigenvalue weighted by atomic mass is 9.91. The molecule has 4 heteroatoms. The van der Waals surface area contributed by atoms with E-state index in [0.717, 1.165) is 61.5 Å². The molecule has 0 saturated heterocycles. The number of aromatic nitrogens is 4.